The molecule has 0 heterocycles. The van der Waals surface area contributed by atoms with Crippen LogP contribution in [0, 0.1) is 5.92 Å². The third-order valence-corrected chi connectivity index (χ3v) is 2.78. The Bertz CT molecular complexity index is 391. The Kier molecular flexibility index (Phi) is 7.18. The number of hydrogen-bond acceptors (Lipinski definition) is 2. The number of ether oxygens (including phenoxy) is 1. The second-order valence-corrected chi connectivity index (χ2v) is 5.12. The Morgan fingerprint density at radius 1 is 1.39 bits per heavy atom. The van der Waals surface area contributed by atoms with Gasteiger partial charge in [-0.15, -0.1) is 0 Å². The first-order chi connectivity index (χ1) is 8.63. The summed E-state index contributed by atoms with van der Waals surface area (Å²) in [7, 11) is 0. The van der Waals surface area contributed by atoms with E-state index in [1.165, 1.54) is 5.54 Å². The molecule has 1 aromatic carbocycles. The van der Waals surface area contributed by atoms with Crippen molar-refractivity contribution in [3.63, 3.8) is 0 Å². The van der Waals surface area contributed by atoms with Gasteiger partial charge in [-0.2, -0.15) is 0 Å². The highest BCUT2D eigenvalue weighted by atomic mass is 35.5. The molecule has 18 heavy (non-hydrogen) atoms. The van der Waals surface area contributed by atoms with E-state index in [4.69, 9.17) is 27.9 Å². The first kappa shape index (κ1) is 15.4. The zero-order chi connectivity index (χ0) is 13.4. The van der Waals surface area contributed by atoms with E-state index in [1.54, 1.807) is 6.08 Å². The number of nitrogens with one attached hydrogen (secondary N) is 1. The van der Waals surface area contributed by atoms with E-state index in [-0.39, 0.29) is 0 Å². The van der Waals surface area contributed by atoms with Gasteiger partial charge in [-0.3, -0.25) is 0 Å². The first-order valence-electron chi connectivity index (χ1n) is 6.00. The molecule has 0 fully saturated rings. The predicted octanol–water partition coefficient (Wildman–Crippen LogP) is 4.22. The Morgan fingerprint density at radius 2 is 2.17 bits per heavy atom. The van der Waals surface area contributed by atoms with Gasteiger partial charge in [0.05, 0.1) is 5.02 Å². The van der Waals surface area contributed by atoms with Gasteiger partial charge in [-0.1, -0.05) is 43.1 Å². The van der Waals surface area contributed by atoms with Crippen molar-refractivity contribution in [3.8, 4) is 5.75 Å². The summed E-state index contributed by atoms with van der Waals surface area (Å²) in [6.07, 6.45) is 1.72. The standard InChI is InChI=1S/C14H19Cl2NO/c1-11(2)9-17-10-12-4-5-14(13(16)8-12)18-7-3-6-15/h3-6,8,11,17H,7,9-10H2,1-2H3. The molecule has 0 aliphatic heterocycles. The van der Waals surface area contributed by atoms with E-state index >= 15 is 0 Å². The number of halogens is 2. The molecule has 100 valence electrons. The van der Waals surface area contributed by atoms with Crippen molar-refractivity contribution in [2.45, 2.75) is 20.4 Å². The molecule has 0 spiro atoms. The number of benzene rings is 1. The summed E-state index contributed by atoms with van der Waals surface area (Å²) < 4.78 is 5.45. The molecule has 0 aliphatic carbocycles. The fourth-order valence-corrected chi connectivity index (χ4v) is 1.78. The fraction of sp³-hybridized carbons (Fsp3) is 0.429. The maximum atomic E-state index is 6.14. The van der Waals surface area contributed by atoms with Crippen LogP contribution in [-0.4, -0.2) is 13.2 Å². The second kappa shape index (κ2) is 8.41. The molecular formula is C14H19Cl2NO. The highest BCUT2D eigenvalue weighted by molar-refractivity contribution is 6.32. The molecule has 1 aromatic rings. The van der Waals surface area contributed by atoms with Crippen LogP contribution in [0.1, 0.15) is 19.4 Å². The van der Waals surface area contributed by atoms with Crippen LogP contribution in [0.15, 0.2) is 29.8 Å². The van der Waals surface area contributed by atoms with Crippen LogP contribution in [0.25, 0.3) is 0 Å². The molecule has 0 bridgehead atoms. The molecule has 0 aromatic heterocycles. The molecule has 0 unspecified atom stereocenters. The minimum absolute atomic E-state index is 0.425. The maximum absolute atomic E-state index is 6.14. The van der Waals surface area contributed by atoms with Crippen LogP contribution in [-0.2, 0) is 6.54 Å². The molecule has 4 heteroatoms. The zero-order valence-corrected chi connectivity index (χ0v) is 12.3. The number of rotatable bonds is 7. The van der Waals surface area contributed by atoms with Crippen LogP contribution in [0.2, 0.25) is 5.02 Å². The third-order valence-electron chi connectivity index (χ3n) is 2.30. The average molecular weight is 288 g/mol. The van der Waals surface area contributed by atoms with Crippen molar-refractivity contribution in [2.75, 3.05) is 13.2 Å². The molecule has 0 radical (unpaired) electrons. The van der Waals surface area contributed by atoms with Gasteiger partial charge in [0.1, 0.15) is 12.4 Å². The Hall–Kier alpha value is -0.700. The monoisotopic (exact) mass is 287 g/mol. The summed E-state index contributed by atoms with van der Waals surface area (Å²) >= 11 is 11.6. The lowest BCUT2D eigenvalue weighted by Gasteiger charge is -2.10. The van der Waals surface area contributed by atoms with E-state index in [1.807, 2.05) is 18.2 Å². The topological polar surface area (TPSA) is 21.3 Å². The third kappa shape index (κ3) is 5.76. The smallest absolute Gasteiger partial charge is 0.138 e. The van der Waals surface area contributed by atoms with E-state index in [2.05, 4.69) is 19.2 Å². The van der Waals surface area contributed by atoms with Crippen LogP contribution < -0.4 is 10.1 Å². The summed E-state index contributed by atoms with van der Waals surface area (Å²) in [6, 6.07) is 5.82. The van der Waals surface area contributed by atoms with Gasteiger partial charge in [0.25, 0.3) is 0 Å². The van der Waals surface area contributed by atoms with E-state index in [0.717, 1.165) is 18.7 Å². The molecular weight excluding hydrogens is 269 g/mol. The summed E-state index contributed by atoms with van der Waals surface area (Å²) in [5.41, 5.74) is 2.58. The molecule has 2 nitrogen and oxygen atoms in total. The molecule has 0 amide bonds. The van der Waals surface area contributed by atoms with Crippen LogP contribution in [0.5, 0.6) is 5.75 Å². The van der Waals surface area contributed by atoms with Crippen LogP contribution in [0.4, 0.5) is 0 Å². The van der Waals surface area contributed by atoms with Crippen LogP contribution in [0.3, 0.4) is 0 Å². The fourth-order valence-electron chi connectivity index (χ4n) is 1.45. The first-order valence-corrected chi connectivity index (χ1v) is 6.82. The second-order valence-electron chi connectivity index (χ2n) is 4.46. The lowest BCUT2D eigenvalue weighted by atomic mass is 10.2. The average Bonchev–Trinajstić information content (AvgIpc) is 2.31. The van der Waals surface area contributed by atoms with Gasteiger partial charge < -0.3 is 10.1 Å². The van der Waals surface area contributed by atoms with E-state index in [9.17, 15) is 0 Å². The normalized spacial score (nSPS) is 11.4. The van der Waals surface area contributed by atoms with Gasteiger partial charge in [-0.25, -0.2) is 0 Å². The molecule has 0 saturated heterocycles. The molecule has 1 N–H and O–H groups in total. The van der Waals surface area contributed by atoms with Crippen molar-refractivity contribution in [2.24, 2.45) is 5.92 Å². The van der Waals surface area contributed by atoms with Gasteiger partial charge >= 0.3 is 0 Å². The van der Waals surface area contributed by atoms with Gasteiger partial charge in [-0.05, 0) is 36.2 Å². The van der Waals surface area contributed by atoms with E-state index < -0.39 is 0 Å². The summed E-state index contributed by atoms with van der Waals surface area (Å²) in [4.78, 5) is 0. The predicted molar refractivity (Wildman–Crippen MR) is 78.5 cm³/mol. The van der Waals surface area contributed by atoms with Gasteiger partial charge in [0.15, 0.2) is 0 Å². The minimum atomic E-state index is 0.425. The molecule has 0 aliphatic rings. The van der Waals surface area contributed by atoms with Gasteiger partial charge in [0, 0.05) is 12.1 Å². The Balaban J connectivity index is 2.50. The summed E-state index contributed by atoms with van der Waals surface area (Å²) in [6.45, 7) is 6.60. The SMILES string of the molecule is CC(C)CNCc1ccc(OCC=CCl)c(Cl)c1. The number of hydrogen-bond donors (Lipinski definition) is 1. The maximum Gasteiger partial charge on any atom is 0.138 e. The zero-order valence-electron chi connectivity index (χ0n) is 10.7. The van der Waals surface area contributed by atoms with Gasteiger partial charge in [0.2, 0.25) is 0 Å². The molecule has 0 saturated carbocycles. The lowest BCUT2D eigenvalue weighted by molar-refractivity contribution is 0.363. The van der Waals surface area contributed by atoms with Crippen molar-refractivity contribution >= 4 is 23.2 Å². The summed E-state index contributed by atoms with van der Waals surface area (Å²) in [5, 5.41) is 4.00. The highest BCUT2D eigenvalue weighted by Crippen LogP contribution is 2.25. The molecule has 0 atom stereocenters. The lowest BCUT2D eigenvalue weighted by Crippen LogP contribution is -2.18. The van der Waals surface area contributed by atoms with Crippen LogP contribution >= 0.6 is 23.2 Å². The minimum Gasteiger partial charge on any atom is -0.488 e. The molecule has 1 rings (SSSR count). The highest BCUT2D eigenvalue weighted by Gasteiger charge is 2.03. The van der Waals surface area contributed by atoms with Crippen molar-refractivity contribution in [1.29, 1.82) is 0 Å². The quantitative estimate of drug-likeness (QED) is 0.811. The van der Waals surface area contributed by atoms with E-state index in [0.29, 0.717) is 23.3 Å². The Labute approximate surface area is 119 Å². The van der Waals surface area contributed by atoms with Crippen molar-refractivity contribution < 1.29 is 4.74 Å². The largest absolute Gasteiger partial charge is 0.488 e. The van der Waals surface area contributed by atoms with Crippen molar-refractivity contribution in [1.82, 2.24) is 5.32 Å². The summed E-state index contributed by atoms with van der Waals surface area (Å²) in [5.74, 6) is 1.32. The van der Waals surface area contributed by atoms with Crippen molar-refractivity contribution in [3.05, 3.63) is 40.4 Å². The Morgan fingerprint density at radius 3 is 2.78 bits per heavy atom.